The number of furan rings is 1. The van der Waals surface area contributed by atoms with E-state index in [1.165, 1.54) is 24.3 Å². The molecule has 25 heavy (non-hydrogen) atoms. The van der Waals surface area contributed by atoms with Crippen LogP contribution >= 0.6 is 0 Å². The van der Waals surface area contributed by atoms with Crippen molar-refractivity contribution < 1.29 is 21.6 Å². The molecule has 0 unspecified atom stereocenters. The molecule has 1 N–H and O–H groups in total. The van der Waals surface area contributed by atoms with Gasteiger partial charge in [-0.2, -0.15) is 8.42 Å². The molecule has 0 aliphatic rings. The van der Waals surface area contributed by atoms with E-state index in [9.17, 15) is 12.8 Å². The summed E-state index contributed by atoms with van der Waals surface area (Å²) in [4.78, 5) is 0. The van der Waals surface area contributed by atoms with E-state index < -0.39 is 15.8 Å². The topological polar surface area (TPSA) is 98.2 Å². The average Bonchev–Trinajstić information content (AvgIpc) is 3.19. The highest BCUT2D eigenvalue weighted by molar-refractivity contribution is 7.92. The van der Waals surface area contributed by atoms with Gasteiger partial charge in [0.2, 0.25) is 11.0 Å². The van der Waals surface area contributed by atoms with Crippen molar-refractivity contribution in [3.05, 3.63) is 47.6 Å². The monoisotopic (exact) mass is 365 g/mol. The van der Waals surface area contributed by atoms with E-state index in [4.69, 9.17) is 8.83 Å². The first kappa shape index (κ1) is 17.2. The van der Waals surface area contributed by atoms with Gasteiger partial charge in [-0.25, -0.2) is 4.39 Å². The minimum atomic E-state index is -4.01. The maximum Gasteiger partial charge on any atom is 0.295 e. The molecule has 0 amide bonds. The Bertz CT molecular complexity index is 1010. The molecule has 0 aliphatic heterocycles. The van der Waals surface area contributed by atoms with Crippen LogP contribution in [0.3, 0.4) is 0 Å². The maximum absolute atomic E-state index is 13.6. The van der Waals surface area contributed by atoms with E-state index in [1.807, 2.05) is 13.8 Å². The minimum absolute atomic E-state index is 0.0394. The highest BCUT2D eigenvalue weighted by atomic mass is 32.2. The lowest BCUT2D eigenvalue weighted by Crippen LogP contribution is -2.12. The first-order chi connectivity index (χ1) is 11.8. The quantitative estimate of drug-likeness (QED) is 0.740. The van der Waals surface area contributed by atoms with E-state index in [2.05, 4.69) is 14.9 Å². The zero-order chi connectivity index (χ0) is 18.2. The van der Waals surface area contributed by atoms with Gasteiger partial charge in [-0.15, -0.1) is 10.2 Å². The predicted octanol–water partition coefficient (Wildman–Crippen LogP) is 3.70. The number of benzene rings is 1. The SMILES string of the molecule is Cc1ccc(NS(=O)(=O)c2ccc(-c3nnc(C(C)C)o3)o2)cc1F. The fraction of sp³-hybridized carbons (Fsp3) is 0.250. The number of anilines is 1. The summed E-state index contributed by atoms with van der Waals surface area (Å²) < 4.78 is 51.3. The normalized spacial score (nSPS) is 11.9. The second kappa shape index (κ2) is 6.32. The summed E-state index contributed by atoms with van der Waals surface area (Å²) in [5.41, 5.74) is 0.515. The third kappa shape index (κ3) is 3.55. The molecule has 3 rings (SSSR count). The molecule has 2 aromatic heterocycles. The van der Waals surface area contributed by atoms with Crippen molar-refractivity contribution in [1.82, 2.24) is 10.2 Å². The molecule has 0 spiro atoms. The van der Waals surface area contributed by atoms with E-state index in [1.54, 1.807) is 6.92 Å². The molecule has 3 aromatic rings. The van der Waals surface area contributed by atoms with Gasteiger partial charge in [0.15, 0.2) is 5.76 Å². The molecule has 0 bridgehead atoms. The number of hydrogen-bond donors (Lipinski definition) is 1. The Hall–Kier alpha value is -2.68. The Morgan fingerprint density at radius 3 is 2.52 bits per heavy atom. The second-order valence-electron chi connectivity index (χ2n) is 5.79. The van der Waals surface area contributed by atoms with E-state index >= 15 is 0 Å². The van der Waals surface area contributed by atoms with Gasteiger partial charge in [0, 0.05) is 5.92 Å². The molecule has 132 valence electrons. The van der Waals surface area contributed by atoms with Gasteiger partial charge >= 0.3 is 0 Å². The number of sulfonamides is 1. The number of nitrogens with one attached hydrogen (secondary N) is 1. The Balaban J connectivity index is 1.85. The van der Waals surface area contributed by atoms with Crippen molar-refractivity contribution in [3.63, 3.8) is 0 Å². The van der Waals surface area contributed by atoms with Crippen molar-refractivity contribution in [2.75, 3.05) is 4.72 Å². The zero-order valence-electron chi connectivity index (χ0n) is 13.8. The Morgan fingerprint density at radius 2 is 1.88 bits per heavy atom. The van der Waals surface area contributed by atoms with Crippen molar-refractivity contribution in [2.24, 2.45) is 0 Å². The van der Waals surface area contributed by atoms with Crippen molar-refractivity contribution in [3.8, 4) is 11.7 Å². The Kier molecular flexibility index (Phi) is 4.34. The number of aromatic nitrogens is 2. The maximum atomic E-state index is 13.6. The first-order valence-corrected chi connectivity index (χ1v) is 8.97. The summed E-state index contributed by atoms with van der Waals surface area (Å²) in [7, 11) is -4.01. The average molecular weight is 365 g/mol. The number of halogens is 1. The molecule has 1 aromatic carbocycles. The van der Waals surface area contributed by atoms with Crippen LogP contribution in [-0.2, 0) is 10.0 Å². The van der Waals surface area contributed by atoms with Crippen LogP contribution in [0, 0.1) is 12.7 Å². The van der Waals surface area contributed by atoms with Gasteiger partial charge in [-0.1, -0.05) is 19.9 Å². The van der Waals surface area contributed by atoms with E-state index in [-0.39, 0.29) is 28.3 Å². The smallest absolute Gasteiger partial charge is 0.295 e. The highest BCUT2D eigenvalue weighted by Gasteiger charge is 2.22. The number of nitrogens with zero attached hydrogens (tertiary/aromatic N) is 2. The van der Waals surface area contributed by atoms with E-state index in [0.717, 1.165) is 6.07 Å². The lowest BCUT2D eigenvalue weighted by atomic mass is 10.2. The van der Waals surface area contributed by atoms with Crippen LogP contribution in [0.5, 0.6) is 0 Å². The fourth-order valence-corrected chi connectivity index (χ4v) is 2.99. The van der Waals surface area contributed by atoms with Crippen LogP contribution in [0.15, 0.2) is 44.3 Å². The highest BCUT2D eigenvalue weighted by Crippen LogP contribution is 2.26. The standard InChI is InChI=1S/C16H16FN3O4S/c1-9(2)15-18-19-16(24-15)13-6-7-14(23-13)25(21,22)20-11-5-4-10(3)12(17)8-11/h4-9,20H,1-3H3. The molecule has 2 heterocycles. The van der Waals surface area contributed by atoms with Gasteiger partial charge in [0.1, 0.15) is 5.82 Å². The minimum Gasteiger partial charge on any atom is -0.438 e. The van der Waals surface area contributed by atoms with Crippen molar-refractivity contribution in [2.45, 2.75) is 31.8 Å². The summed E-state index contributed by atoms with van der Waals surface area (Å²) in [6.45, 7) is 5.36. The molecule has 0 atom stereocenters. The van der Waals surface area contributed by atoms with Gasteiger partial charge < -0.3 is 8.83 Å². The number of aryl methyl sites for hydroxylation is 1. The van der Waals surface area contributed by atoms with Crippen LogP contribution < -0.4 is 4.72 Å². The molecule has 0 aliphatic carbocycles. The Labute approximate surface area is 143 Å². The van der Waals surface area contributed by atoms with Crippen LogP contribution in [0.2, 0.25) is 0 Å². The van der Waals surface area contributed by atoms with Crippen molar-refractivity contribution >= 4 is 15.7 Å². The molecule has 0 radical (unpaired) electrons. The van der Waals surface area contributed by atoms with Crippen LogP contribution in [-0.4, -0.2) is 18.6 Å². The van der Waals surface area contributed by atoms with Gasteiger partial charge in [-0.3, -0.25) is 4.72 Å². The molecule has 0 saturated heterocycles. The molecular formula is C16H16FN3O4S. The summed E-state index contributed by atoms with van der Waals surface area (Å²) >= 11 is 0. The fourth-order valence-electron chi connectivity index (χ4n) is 2.01. The second-order valence-corrected chi connectivity index (χ2v) is 7.40. The van der Waals surface area contributed by atoms with Gasteiger partial charge in [-0.05, 0) is 36.8 Å². The summed E-state index contributed by atoms with van der Waals surface area (Å²) in [6.07, 6.45) is 0. The molecule has 0 saturated carbocycles. The Morgan fingerprint density at radius 1 is 1.12 bits per heavy atom. The summed E-state index contributed by atoms with van der Waals surface area (Å²) in [5.74, 6) is 0.176. The molecular weight excluding hydrogens is 349 g/mol. The predicted molar refractivity (Wildman–Crippen MR) is 88.0 cm³/mol. The summed E-state index contributed by atoms with van der Waals surface area (Å²) in [6, 6.07) is 6.73. The van der Waals surface area contributed by atoms with Crippen LogP contribution in [0.4, 0.5) is 10.1 Å². The zero-order valence-corrected chi connectivity index (χ0v) is 14.6. The van der Waals surface area contributed by atoms with Crippen LogP contribution in [0.1, 0.15) is 31.2 Å². The molecule has 7 nitrogen and oxygen atoms in total. The largest absolute Gasteiger partial charge is 0.438 e. The molecule has 9 heteroatoms. The van der Waals surface area contributed by atoms with E-state index in [0.29, 0.717) is 11.5 Å². The first-order valence-electron chi connectivity index (χ1n) is 7.49. The summed E-state index contributed by atoms with van der Waals surface area (Å²) in [5, 5.41) is 7.36. The third-order valence-electron chi connectivity index (χ3n) is 3.42. The lowest BCUT2D eigenvalue weighted by Gasteiger charge is -2.06. The number of hydrogen-bond acceptors (Lipinski definition) is 6. The van der Waals surface area contributed by atoms with Gasteiger partial charge in [0.05, 0.1) is 5.69 Å². The lowest BCUT2D eigenvalue weighted by molar-refractivity contribution is 0.429. The van der Waals surface area contributed by atoms with Crippen LogP contribution in [0.25, 0.3) is 11.7 Å². The van der Waals surface area contributed by atoms with Gasteiger partial charge in [0.25, 0.3) is 15.9 Å². The van der Waals surface area contributed by atoms with Crippen molar-refractivity contribution in [1.29, 1.82) is 0 Å². The third-order valence-corrected chi connectivity index (χ3v) is 4.67. The number of rotatable bonds is 5. The molecule has 0 fully saturated rings.